The van der Waals surface area contributed by atoms with E-state index in [0.717, 1.165) is 25.7 Å². The van der Waals surface area contributed by atoms with Gasteiger partial charge in [0.2, 0.25) is 11.8 Å². The van der Waals surface area contributed by atoms with Crippen molar-refractivity contribution in [3.05, 3.63) is 59.2 Å². The van der Waals surface area contributed by atoms with Gasteiger partial charge in [-0.05, 0) is 88.9 Å². The normalized spacial score (nSPS) is 12.9. The lowest BCUT2D eigenvalue weighted by molar-refractivity contribution is -0.142. The maximum atomic E-state index is 14.5. The molecule has 0 aliphatic heterocycles. The summed E-state index contributed by atoms with van der Waals surface area (Å²) in [5.74, 6) is -0.601. The number of alkyl carbamates (subject to hydrolysis) is 1. The van der Waals surface area contributed by atoms with E-state index in [9.17, 15) is 24.6 Å². The van der Waals surface area contributed by atoms with Gasteiger partial charge in [0.1, 0.15) is 29.2 Å². The topological polar surface area (TPSA) is 128 Å². The minimum Gasteiger partial charge on any atom is -0.508 e. The average molecular weight is 584 g/mol. The van der Waals surface area contributed by atoms with Gasteiger partial charge < -0.3 is 30.5 Å². The standard InChI is InChI=1S/C33H49N3O6/c1-8-9-10-11-12-19-36(29(30(39)34-22(2)3)25-15-18-28(38)23(4)20-25)31(40)27(35-32(41)42-33(5,6)7)21-24-13-16-26(37)17-14-24/h13-18,20,22,27,29,37-38H,8-12,19,21H2,1-7H3,(H,34,39)(H,35,41). The van der Waals surface area contributed by atoms with E-state index in [1.54, 1.807) is 52.0 Å². The molecule has 42 heavy (non-hydrogen) atoms. The summed E-state index contributed by atoms with van der Waals surface area (Å²) in [5.41, 5.74) is 1.08. The Balaban J connectivity index is 2.58. The largest absolute Gasteiger partial charge is 0.508 e. The molecule has 2 atom stereocenters. The van der Waals surface area contributed by atoms with Gasteiger partial charge in [0, 0.05) is 19.0 Å². The van der Waals surface area contributed by atoms with Crippen LogP contribution in [0.3, 0.4) is 0 Å². The Morgan fingerprint density at radius 3 is 2.14 bits per heavy atom. The molecular weight excluding hydrogens is 534 g/mol. The number of aromatic hydroxyl groups is 2. The summed E-state index contributed by atoms with van der Waals surface area (Å²) in [5, 5.41) is 25.7. The molecule has 0 spiro atoms. The van der Waals surface area contributed by atoms with Crippen molar-refractivity contribution in [3.8, 4) is 11.5 Å². The second-order valence-corrected chi connectivity index (χ2v) is 12.1. The molecule has 0 saturated heterocycles. The predicted molar refractivity (Wildman–Crippen MR) is 164 cm³/mol. The fourth-order valence-corrected chi connectivity index (χ4v) is 4.66. The van der Waals surface area contributed by atoms with Gasteiger partial charge in [-0.1, -0.05) is 50.8 Å². The van der Waals surface area contributed by atoms with Crippen molar-refractivity contribution in [2.75, 3.05) is 6.54 Å². The van der Waals surface area contributed by atoms with Crippen LogP contribution in [0.4, 0.5) is 4.79 Å². The number of carbonyl (C=O) groups excluding carboxylic acids is 3. The van der Waals surface area contributed by atoms with Crippen molar-refractivity contribution in [2.45, 2.75) is 111 Å². The molecule has 0 saturated carbocycles. The van der Waals surface area contributed by atoms with Gasteiger partial charge in [0.15, 0.2) is 0 Å². The number of unbranched alkanes of at least 4 members (excludes halogenated alkanes) is 4. The Hall–Kier alpha value is -3.75. The van der Waals surface area contributed by atoms with Gasteiger partial charge in [0.25, 0.3) is 0 Å². The highest BCUT2D eigenvalue weighted by Crippen LogP contribution is 2.28. The smallest absolute Gasteiger partial charge is 0.408 e. The second-order valence-electron chi connectivity index (χ2n) is 12.1. The third-order valence-corrected chi connectivity index (χ3v) is 6.68. The van der Waals surface area contributed by atoms with E-state index < -0.39 is 29.7 Å². The summed E-state index contributed by atoms with van der Waals surface area (Å²) in [6.45, 7) is 13.1. The molecule has 9 nitrogen and oxygen atoms in total. The first-order valence-electron chi connectivity index (χ1n) is 14.9. The number of benzene rings is 2. The van der Waals surface area contributed by atoms with Crippen molar-refractivity contribution in [1.82, 2.24) is 15.5 Å². The fourth-order valence-electron chi connectivity index (χ4n) is 4.66. The van der Waals surface area contributed by atoms with Crippen LogP contribution in [0.2, 0.25) is 0 Å². The van der Waals surface area contributed by atoms with Gasteiger partial charge in [-0.3, -0.25) is 9.59 Å². The van der Waals surface area contributed by atoms with E-state index in [1.807, 2.05) is 13.8 Å². The van der Waals surface area contributed by atoms with Crippen LogP contribution in [0.1, 0.15) is 96.4 Å². The monoisotopic (exact) mass is 583 g/mol. The number of rotatable bonds is 14. The highest BCUT2D eigenvalue weighted by atomic mass is 16.6. The Kier molecular flexibility index (Phi) is 13.2. The number of nitrogens with zero attached hydrogens (tertiary/aromatic N) is 1. The maximum Gasteiger partial charge on any atom is 0.408 e. The molecule has 2 rings (SSSR count). The van der Waals surface area contributed by atoms with Gasteiger partial charge in [-0.15, -0.1) is 0 Å². The number of phenolic OH excluding ortho intramolecular Hbond substituents is 2. The van der Waals surface area contributed by atoms with Gasteiger partial charge >= 0.3 is 6.09 Å². The summed E-state index contributed by atoms with van der Waals surface area (Å²) < 4.78 is 5.49. The van der Waals surface area contributed by atoms with E-state index >= 15 is 0 Å². The van der Waals surface area contributed by atoms with Gasteiger partial charge in [-0.2, -0.15) is 0 Å². The lowest BCUT2D eigenvalue weighted by atomic mass is 9.98. The van der Waals surface area contributed by atoms with Crippen LogP contribution in [0.25, 0.3) is 0 Å². The molecular formula is C33H49N3O6. The van der Waals surface area contributed by atoms with Crippen LogP contribution in [0.15, 0.2) is 42.5 Å². The van der Waals surface area contributed by atoms with Crippen LogP contribution in [0.5, 0.6) is 11.5 Å². The molecule has 2 unspecified atom stereocenters. The molecule has 0 bridgehead atoms. The lowest BCUT2D eigenvalue weighted by Gasteiger charge is -2.35. The minimum atomic E-state index is -1.05. The summed E-state index contributed by atoms with van der Waals surface area (Å²) in [4.78, 5) is 42.7. The van der Waals surface area contributed by atoms with E-state index in [2.05, 4.69) is 17.6 Å². The first-order chi connectivity index (χ1) is 19.7. The van der Waals surface area contributed by atoms with E-state index in [0.29, 0.717) is 29.7 Å². The minimum absolute atomic E-state index is 0.0866. The number of ether oxygens (including phenoxy) is 1. The zero-order valence-electron chi connectivity index (χ0n) is 26.2. The molecule has 0 radical (unpaired) electrons. The first-order valence-corrected chi connectivity index (χ1v) is 14.9. The fraction of sp³-hybridized carbons (Fsp3) is 0.545. The number of nitrogens with one attached hydrogen (secondary N) is 2. The Labute approximate surface area is 250 Å². The number of hydrogen-bond acceptors (Lipinski definition) is 6. The highest BCUT2D eigenvalue weighted by Gasteiger charge is 2.36. The zero-order valence-corrected chi connectivity index (χ0v) is 26.2. The van der Waals surface area contributed by atoms with E-state index in [4.69, 9.17) is 4.74 Å². The highest BCUT2D eigenvalue weighted by molar-refractivity contribution is 5.92. The summed E-state index contributed by atoms with van der Waals surface area (Å²) >= 11 is 0. The Morgan fingerprint density at radius 2 is 1.57 bits per heavy atom. The summed E-state index contributed by atoms with van der Waals surface area (Å²) in [6.07, 6.45) is 4.09. The lowest BCUT2D eigenvalue weighted by Crippen LogP contribution is -2.54. The maximum absolute atomic E-state index is 14.5. The third kappa shape index (κ3) is 11.3. The van der Waals surface area contributed by atoms with Crippen LogP contribution in [0, 0.1) is 6.92 Å². The second kappa shape index (κ2) is 16.0. The molecule has 2 aromatic carbocycles. The Bertz CT molecular complexity index is 1170. The molecule has 0 aliphatic rings. The molecule has 0 aliphatic carbocycles. The third-order valence-electron chi connectivity index (χ3n) is 6.68. The van der Waals surface area contributed by atoms with Crippen molar-refractivity contribution < 1.29 is 29.3 Å². The van der Waals surface area contributed by atoms with Crippen molar-refractivity contribution in [3.63, 3.8) is 0 Å². The van der Waals surface area contributed by atoms with Gasteiger partial charge in [0.05, 0.1) is 0 Å². The number of amides is 3. The summed E-state index contributed by atoms with van der Waals surface area (Å²) in [6, 6.07) is 9.10. The SMILES string of the molecule is CCCCCCCN(C(=O)C(Cc1ccc(O)cc1)NC(=O)OC(C)(C)C)C(C(=O)NC(C)C)c1ccc(O)c(C)c1. The van der Waals surface area contributed by atoms with Gasteiger partial charge in [-0.25, -0.2) is 4.79 Å². The zero-order chi connectivity index (χ0) is 31.4. The molecule has 2 aromatic rings. The summed E-state index contributed by atoms with van der Waals surface area (Å²) in [7, 11) is 0. The van der Waals surface area contributed by atoms with Crippen molar-refractivity contribution in [2.24, 2.45) is 0 Å². The molecule has 9 heteroatoms. The van der Waals surface area contributed by atoms with Crippen LogP contribution in [-0.2, 0) is 20.7 Å². The van der Waals surface area contributed by atoms with Crippen LogP contribution >= 0.6 is 0 Å². The number of phenols is 2. The van der Waals surface area contributed by atoms with E-state index in [1.165, 1.54) is 23.1 Å². The molecule has 0 aromatic heterocycles. The average Bonchev–Trinajstić information content (AvgIpc) is 2.88. The van der Waals surface area contributed by atoms with Crippen molar-refractivity contribution >= 4 is 17.9 Å². The predicted octanol–water partition coefficient (Wildman–Crippen LogP) is 5.91. The van der Waals surface area contributed by atoms with E-state index in [-0.39, 0.29) is 29.9 Å². The number of carbonyl (C=O) groups is 3. The van der Waals surface area contributed by atoms with Crippen LogP contribution in [-0.4, -0.2) is 57.3 Å². The van der Waals surface area contributed by atoms with Crippen molar-refractivity contribution in [1.29, 1.82) is 0 Å². The molecule has 4 N–H and O–H groups in total. The van der Waals surface area contributed by atoms with Crippen LogP contribution < -0.4 is 10.6 Å². The first kappa shape index (κ1) is 34.5. The molecule has 0 heterocycles. The molecule has 0 fully saturated rings. The number of aryl methyl sites for hydroxylation is 1. The quantitative estimate of drug-likeness (QED) is 0.205. The molecule has 3 amide bonds. The molecule has 232 valence electrons. The Morgan fingerprint density at radius 1 is 0.929 bits per heavy atom. The number of hydrogen-bond donors (Lipinski definition) is 4.